The van der Waals surface area contributed by atoms with Crippen LogP contribution < -0.4 is 0 Å². The molecular weight excluding hydrogens is 626 g/mol. The summed E-state index contributed by atoms with van der Waals surface area (Å²) in [5.74, 6) is -5.04. The molecule has 0 saturated heterocycles. The summed E-state index contributed by atoms with van der Waals surface area (Å²) >= 11 is 0. The summed E-state index contributed by atoms with van der Waals surface area (Å²) in [6, 6.07) is -2.30. The summed E-state index contributed by atoms with van der Waals surface area (Å²) in [7, 11) is 0. The summed E-state index contributed by atoms with van der Waals surface area (Å²) < 4.78 is 239. The van der Waals surface area contributed by atoms with Gasteiger partial charge in [0.2, 0.25) is 0 Å². The van der Waals surface area contributed by atoms with Gasteiger partial charge in [0.25, 0.3) is 0 Å². The van der Waals surface area contributed by atoms with Crippen molar-refractivity contribution >= 4 is 11.5 Å². The van der Waals surface area contributed by atoms with Crippen LogP contribution in [0.4, 0.5) is 79.0 Å². The van der Waals surface area contributed by atoms with Crippen molar-refractivity contribution in [1.82, 2.24) is 0 Å². The second-order valence-electron chi connectivity index (χ2n) is 7.70. The SMILES string of the molecule is O=C(C=C(O)c1ccc(C(F)(F)F)c(C(F)(F)F)c1C(F)(F)F)c1ccc(C(F)(F)F)c(C(F)(F)F)c1C(F)(F)F. The highest BCUT2D eigenvalue weighted by atomic mass is 19.4. The smallest absolute Gasteiger partial charge is 0.417 e. The number of aliphatic hydroxyl groups is 1. The molecule has 0 amide bonds. The number of hydrogen-bond donors (Lipinski definition) is 1. The number of hydrogen-bond acceptors (Lipinski definition) is 2. The molecular formula is C21H6F18O2. The molecule has 0 radical (unpaired) electrons. The van der Waals surface area contributed by atoms with Crippen LogP contribution in [0.25, 0.3) is 5.76 Å². The molecule has 2 rings (SSSR count). The Kier molecular flexibility index (Phi) is 8.22. The summed E-state index contributed by atoms with van der Waals surface area (Å²) in [5.41, 5.74) is -24.1. The number of allylic oxidation sites excluding steroid dienone is 1. The zero-order chi connectivity index (χ0) is 32.3. The second kappa shape index (κ2) is 10.0. The summed E-state index contributed by atoms with van der Waals surface area (Å²) in [6.45, 7) is 0. The first-order chi connectivity index (χ1) is 18.0. The van der Waals surface area contributed by atoms with E-state index in [1.165, 1.54) is 0 Å². The van der Waals surface area contributed by atoms with E-state index in [1.807, 2.05) is 0 Å². The zero-order valence-electron chi connectivity index (χ0n) is 18.5. The van der Waals surface area contributed by atoms with Crippen LogP contribution in [0.1, 0.15) is 49.3 Å². The standard InChI is InChI=1S/C21H6F18O2/c22-16(23,24)8-3-1-6(12(18(28,29)30)14(8)20(34,35)36)10(40)5-11(41)7-2-4-9(17(25,26)27)15(21(37,38)39)13(7)19(31,32)33/h1-5,40H. The average Bonchev–Trinajstić information content (AvgIpc) is 2.73. The van der Waals surface area contributed by atoms with E-state index in [9.17, 15) is 88.9 Å². The van der Waals surface area contributed by atoms with E-state index in [2.05, 4.69) is 0 Å². The van der Waals surface area contributed by atoms with E-state index < -0.39 is 123 Å². The van der Waals surface area contributed by atoms with Crippen LogP contribution in [0.3, 0.4) is 0 Å². The fourth-order valence-electron chi connectivity index (χ4n) is 3.55. The predicted octanol–water partition coefficient (Wildman–Crippen LogP) is 9.58. The molecule has 0 unspecified atom stereocenters. The van der Waals surface area contributed by atoms with Crippen molar-refractivity contribution in [2.24, 2.45) is 0 Å². The van der Waals surface area contributed by atoms with Crippen LogP contribution in [-0.2, 0) is 37.1 Å². The van der Waals surface area contributed by atoms with Crippen LogP contribution in [0.2, 0.25) is 0 Å². The number of halogens is 18. The van der Waals surface area contributed by atoms with Gasteiger partial charge in [-0.2, -0.15) is 79.0 Å². The van der Waals surface area contributed by atoms with Crippen LogP contribution in [0, 0.1) is 0 Å². The molecule has 0 fully saturated rings. The average molecular weight is 632 g/mol. The molecule has 0 spiro atoms. The lowest BCUT2D eigenvalue weighted by molar-refractivity contribution is -0.174. The molecule has 228 valence electrons. The van der Waals surface area contributed by atoms with E-state index in [0.717, 1.165) is 0 Å². The Balaban J connectivity index is 2.99. The number of carbonyl (C=O) groups is 1. The van der Waals surface area contributed by atoms with Gasteiger partial charge in [-0.3, -0.25) is 4.79 Å². The Hall–Kier alpha value is -3.61. The quantitative estimate of drug-likeness (QED) is 0.159. The minimum absolute atomic E-state index is 0.474. The monoisotopic (exact) mass is 632 g/mol. The molecule has 0 aromatic heterocycles. The van der Waals surface area contributed by atoms with Gasteiger partial charge < -0.3 is 5.11 Å². The third-order valence-electron chi connectivity index (χ3n) is 4.96. The molecule has 0 atom stereocenters. The third-order valence-corrected chi connectivity index (χ3v) is 4.96. The summed E-state index contributed by atoms with van der Waals surface area (Å²) in [4.78, 5) is 12.3. The lowest BCUT2D eigenvalue weighted by atomic mass is 9.90. The molecule has 20 heteroatoms. The molecule has 0 aliphatic carbocycles. The maximum absolute atomic E-state index is 13.5. The van der Waals surface area contributed by atoms with E-state index in [-0.39, 0.29) is 0 Å². The predicted molar refractivity (Wildman–Crippen MR) is 97.8 cm³/mol. The topological polar surface area (TPSA) is 37.3 Å². The van der Waals surface area contributed by atoms with Gasteiger partial charge in [-0.15, -0.1) is 0 Å². The van der Waals surface area contributed by atoms with Gasteiger partial charge in [0.1, 0.15) is 5.76 Å². The zero-order valence-corrected chi connectivity index (χ0v) is 18.5. The van der Waals surface area contributed by atoms with Crippen LogP contribution in [0.5, 0.6) is 0 Å². The van der Waals surface area contributed by atoms with Crippen molar-refractivity contribution in [2.45, 2.75) is 37.1 Å². The van der Waals surface area contributed by atoms with E-state index in [4.69, 9.17) is 0 Å². The van der Waals surface area contributed by atoms with Crippen LogP contribution in [-0.4, -0.2) is 10.9 Å². The normalized spacial score (nSPS) is 14.4. The van der Waals surface area contributed by atoms with Gasteiger partial charge in [-0.1, -0.05) is 6.07 Å². The first kappa shape index (κ1) is 33.6. The van der Waals surface area contributed by atoms with Crippen molar-refractivity contribution in [1.29, 1.82) is 0 Å². The molecule has 41 heavy (non-hydrogen) atoms. The maximum Gasteiger partial charge on any atom is 0.417 e. The fraction of sp³-hybridized carbons (Fsp3) is 0.286. The van der Waals surface area contributed by atoms with Crippen LogP contribution in [0.15, 0.2) is 30.3 Å². The minimum Gasteiger partial charge on any atom is -0.507 e. The van der Waals surface area contributed by atoms with Gasteiger partial charge in [0.15, 0.2) is 5.78 Å². The number of aliphatic hydroxyl groups excluding tert-OH is 1. The lowest BCUT2D eigenvalue weighted by Crippen LogP contribution is -2.26. The fourth-order valence-corrected chi connectivity index (χ4v) is 3.55. The number of carbonyl (C=O) groups excluding carboxylic acids is 1. The first-order valence-electron chi connectivity index (χ1n) is 9.73. The van der Waals surface area contributed by atoms with E-state index in [0.29, 0.717) is 0 Å². The highest BCUT2D eigenvalue weighted by molar-refractivity contribution is 6.09. The Morgan fingerprint density at radius 3 is 1.05 bits per heavy atom. The minimum atomic E-state index is -6.48. The molecule has 2 aromatic carbocycles. The molecule has 1 N–H and O–H groups in total. The number of rotatable bonds is 3. The molecule has 0 saturated carbocycles. The lowest BCUT2D eigenvalue weighted by Gasteiger charge is -2.23. The largest absolute Gasteiger partial charge is 0.507 e. The van der Waals surface area contributed by atoms with Crippen molar-refractivity contribution in [3.63, 3.8) is 0 Å². The van der Waals surface area contributed by atoms with Gasteiger partial charge in [-0.25, -0.2) is 0 Å². The van der Waals surface area contributed by atoms with Gasteiger partial charge in [0, 0.05) is 17.2 Å². The van der Waals surface area contributed by atoms with Gasteiger partial charge in [-0.05, 0) is 18.2 Å². The Morgan fingerprint density at radius 1 is 0.463 bits per heavy atom. The molecule has 0 aliphatic rings. The molecule has 2 nitrogen and oxygen atoms in total. The molecule has 2 aromatic rings. The van der Waals surface area contributed by atoms with Gasteiger partial charge in [0.05, 0.1) is 33.4 Å². The first-order valence-corrected chi connectivity index (χ1v) is 9.73. The van der Waals surface area contributed by atoms with E-state index >= 15 is 0 Å². The number of benzene rings is 2. The second-order valence-corrected chi connectivity index (χ2v) is 7.70. The summed E-state index contributed by atoms with van der Waals surface area (Å²) in [6.07, 6.45) is -38.8. The van der Waals surface area contributed by atoms with E-state index in [1.54, 1.807) is 0 Å². The maximum atomic E-state index is 13.5. The highest BCUT2D eigenvalue weighted by Crippen LogP contribution is 2.50. The summed E-state index contributed by atoms with van der Waals surface area (Å²) in [5, 5.41) is 9.90. The van der Waals surface area contributed by atoms with Crippen LogP contribution >= 0.6 is 0 Å². The Labute approximate surface area is 213 Å². The Bertz CT molecular complexity index is 1360. The van der Waals surface area contributed by atoms with Crippen molar-refractivity contribution in [2.75, 3.05) is 0 Å². The number of ketones is 1. The molecule has 0 bridgehead atoms. The Morgan fingerprint density at radius 2 is 0.756 bits per heavy atom. The van der Waals surface area contributed by atoms with Crippen molar-refractivity contribution in [3.8, 4) is 0 Å². The highest BCUT2D eigenvalue weighted by Gasteiger charge is 2.53. The third kappa shape index (κ3) is 7.00. The van der Waals surface area contributed by atoms with Crippen molar-refractivity contribution in [3.05, 3.63) is 74.8 Å². The number of alkyl halides is 18. The van der Waals surface area contributed by atoms with Gasteiger partial charge >= 0.3 is 37.1 Å². The van der Waals surface area contributed by atoms with Crippen molar-refractivity contribution < 1.29 is 88.9 Å². The molecule has 0 aliphatic heterocycles. The molecule has 0 heterocycles.